The number of fused-ring (bicyclic) bond motifs is 2. The number of nitrogens with zero attached hydrogens (tertiary/aromatic N) is 1. The molecule has 2 aliphatic heterocycles. The minimum absolute atomic E-state index is 0. The maximum atomic E-state index is 5.53. The molecule has 3 heteroatoms. The van der Waals surface area contributed by atoms with E-state index in [1.165, 1.54) is 47.0 Å². The molecule has 4 rings (SSSR count). The number of hydrogen-bond donors (Lipinski definition) is 0. The van der Waals surface area contributed by atoms with Gasteiger partial charge in [0.2, 0.25) is 0 Å². The Balaban J connectivity index is 0.00000121. The molecule has 2 aromatic rings. The van der Waals surface area contributed by atoms with Crippen LogP contribution in [0.5, 0.6) is 0 Å². The van der Waals surface area contributed by atoms with Crippen LogP contribution >= 0.6 is 0 Å². The van der Waals surface area contributed by atoms with Crippen LogP contribution in [0.2, 0.25) is 0 Å². The Kier molecular flexibility index (Phi) is 3.61. The third-order valence-corrected chi connectivity index (χ3v) is 4.75. The van der Waals surface area contributed by atoms with Crippen molar-refractivity contribution in [1.82, 2.24) is 0 Å². The van der Waals surface area contributed by atoms with Gasteiger partial charge in [0, 0.05) is 11.1 Å². The lowest BCUT2D eigenvalue weighted by molar-refractivity contribution is -0.953. The molecule has 0 aromatic heterocycles. The fourth-order valence-corrected chi connectivity index (χ4v) is 3.63. The first-order chi connectivity index (χ1) is 9.24. The van der Waals surface area contributed by atoms with Gasteiger partial charge in [0.1, 0.15) is 26.2 Å². The topological polar surface area (TPSA) is 9.23 Å². The Morgan fingerprint density at radius 2 is 1.55 bits per heavy atom. The van der Waals surface area contributed by atoms with E-state index in [0.29, 0.717) is 0 Å². The molecule has 1 spiro atoms. The summed E-state index contributed by atoms with van der Waals surface area (Å²) < 4.78 is 6.75. The van der Waals surface area contributed by atoms with Crippen molar-refractivity contribution in [2.24, 2.45) is 0 Å². The number of aryl methyl sites for hydroxylation is 1. The summed E-state index contributed by atoms with van der Waals surface area (Å²) in [6.07, 6.45) is 0. The largest absolute Gasteiger partial charge is 1.00 e. The van der Waals surface area contributed by atoms with Crippen molar-refractivity contribution in [1.29, 1.82) is 0 Å². The van der Waals surface area contributed by atoms with Gasteiger partial charge in [-0.25, -0.2) is 0 Å². The van der Waals surface area contributed by atoms with Gasteiger partial charge in [-0.15, -0.1) is 0 Å². The lowest BCUT2D eigenvalue weighted by atomic mass is 10.0. The van der Waals surface area contributed by atoms with Gasteiger partial charge in [0.25, 0.3) is 0 Å². The van der Waals surface area contributed by atoms with E-state index in [1.807, 2.05) is 0 Å². The maximum Gasteiger partial charge on any atom is 0.105 e. The van der Waals surface area contributed by atoms with E-state index in [0.717, 1.165) is 13.2 Å². The van der Waals surface area contributed by atoms with E-state index in [2.05, 4.69) is 37.3 Å². The Morgan fingerprint density at radius 1 is 0.900 bits per heavy atom. The van der Waals surface area contributed by atoms with Gasteiger partial charge in [0.05, 0.1) is 13.2 Å². The van der Waals surface area contributed by atoms with Crippen LogP contribution in [0.4, 0.5) is 0 Å². The molecular weight excluding hydrogens is 314 g/mol. The van der Waals surface area contributed by atoms with Crippen molar-refractivity contribution in [3.05, 3.63) is 47.0 Å². The summed E-state index contributed by atoms with van der Waals surface area (Å²) in [5.74, 6) is 0. The molecule has 2 aliphatic rings. The molecular formula is C17H20BrNO. The highest BCUT2D eigenvalue weighted by molar-refractivity contribution is 5.84. The Hall–Kier alpha value is -0.900. The van der Waals surface area contributed by atoms with Crippen LogP contribution in [-0.2, 0) is 17.8 Å². The summed E-state index contributed by atoms with van der Waals surface area (Å²) >= 11 is 0. The van der Waals surface area contributed by atoms with Crippen LogP contribution in [0.3, 0.4) is 0 Å². The zero-order chi connectivity index (χ0) is 12.9. The normalized spacial score (nSPS) is 19.9. The fourth-order valence-electron chi connectivity index (χ4n) is 3.63. The molecule has 1 fully saturated rings. The summed E-state index contributed by atoms with van der Waals surface area (Å²) in [5.41, 5.74) is 4.46. The van der Waals surface area contributed by atoms with Crippen molar-refractivity contribution in [3.8, 4) is 0 Å². The molecule has 0 atom stereocenters. The van der Waals surface area contributed by atoms with Crippen molar-refractivity contribution >= 4 is 10.8 Å². The van der Waals surface area contributed by atoms with E-state index >= 15 is 0 Å². The van der Waals surface area contributed by atoms with Crippen molar-refractivity contribution in [2.45, 2.75) is 20.0 Å². The average molecular weight is 334 g/mol. The average Bonchev–Trinajstić information content (AvgIpc) is 2.73. The molecule has 0 aliphatic carbocycles. The molecule has 2 heterocycles. The minimum Gasteiger partial charge on any atom is -1.00 e. The zero-order valence-electron chi connectivity index (χ0n) is 11.9. The van der Waals surface area contributed by atoms with Gasteiger partial charge >= 0.3 is 0 Å². The first-order valence-electron chi connectivity index (χ1n) is 7.19. The number of rotatable bonds is 0. The number of benzene rings is 2. The van der Waals surface area contributed by atoms with Crippen molar-refractivity contribution in [3.63, 3.8) is 0 Å². The van der Waals surface area contributed by atoms with Gasteiger partial charge in [0.15, 0.2) is 0 Å². The van der Waals surface area contributed by atoms with E-state index in [4.69, 9.17) is 4.74 Å². The van der Waals surface area contributed by atoms with Crippen LogP contribution < -0.4 is 17.0 Å². The van der Waals surface area contributed by atoms with Gasteiger partial charge in [-0.05, 0) is 29.8 Å². The highest BCUT2D eigenvalue weighted by Gasteiger charge is 2.37. The number of quaternary nitrogens is 1. The Morgan fingerprint density at radius 3 is 2.25 bits per heavy atom. The molecule has 2 aromatic carbocycles. The van der Waals surface area contributed by atoms with Gasteiger partial charge in [-0.1, -0.05) is 23.8 Å². The quantitative estimate of drug-likeness (QED) is 0.617. The van der Waals surface area contributed by atoms with Crippen LogP contribution in [0, 0.1) is 6.92 Å². The van der Waals surface area contributed by atoms with Crippen LogP contribution in [0.1, 0.15) is 16.7 Å². The SMILES string of the molecule is Cc1ccc2cc3c(cc2c1)C[N+]1(CCOCC1)C3.[Br-]. The molecule has 0 bridgehead atoms. The maximum absolute atomic E-state index is 5.53. The minimum atomic E-state index is 0. The molecule has 0 amide bonds. The number of halogens is 1. The molecule has 0 saturated carbocycles. The molecule has 2 nitrogen and oxygen atoms in total. The smallest absolute Gasteiger partial charge is 0.105 e. The van der Waals surface area contributed by atoms with Crippen LogP contribution in [0.25, 0.3) is 10.8 Å². The second-order valence-electron chi connectivity index (χ2n) is 6.19. The first kappa shape index (κ1) is 14.1. The Bertz CT molecular complexity index is 647. The zero-order valence-corrected chi connectivity index (χ0v) is 13.4. The molecule has 20 heavy (non-hydrogen) atoms. The second-order valence-corrected chi connectivity index (χ2v) is 6.19. The van der Waals surface area contributed by atoms with E-state index in [-0.39, 0.29) is 17.0 Å². The highest BCUT2D eigenvalue weighted by atomic mass is 79.9. The molecule has 106 valence electrons. The van der Waals surface area contributed by atoms with Gasteiger partial charge < -0.3 is 26.2 Å². The summed E-state index contributed by atoms with van der Waals surface area (Å²) in [6.45, 7) is 8.75. The first-order valence-corrected chi connectivity index (χ1v) is 7.19. The fraction of sp³-hybridized carbons (Fsp3) is 0.412. The lowest BCUT2D eigenvalue weighted by Gasteiger charge is -2.37. The highest BCUT2D eigenvalue weighted by Crippen LogP contribution is 2.34. The predicted molar refractivity (Wildman–Crippen MR) is 76.9 cm³/mol. The third-order valence-electron chi connectivity index (χ3n) is 4.75. The summed E-state index contributed by atoms with van der Waals surface area (Å²) in [6, 6.07) is 11.6. The summed E-state index contributed by atoms with van der Waals surface area (Å²) in [5, 5.41) is 2.78. The summed E-state index contributed by atoms with van der Waals surface area (Å²) in [7, 11) is 0. The number of hydrogen-bond acceptors (Lipinski definition) is 1. The van der Waals surface area contributed by atoms with E-state index in [1.54, 1.807) is 11.1 Å². The molecule has 0 N–H and O–H groups in total. The van der Waals surface area contributed by atoms with Crippen LogP contribution in [-0.4, -0.2) is 30.8 Å². The standard InChI is InChI=1S/C17H20NO.BrH/c1-13-2-3-14-9-16-11-18(4-6-19-7-5-18)12-17(16)10-15(14)8-13;/h2-3,8-10H,4-7,11-12H2,1H3;1H/q+1;/p-1. The van der Waals surface area contributed by atoms with Crippen molar-refractivity contribution in [2.75, 3.05) is 26.3 Å². The van der Waals surface area contributed by atoms with Crippen LogP contribution in [0.15, 0.2) is 30.3 Å². The summed E-state index contributed by atoms with van der Waals surface area (Å²) in [4.78, 5) is 0. The predicted octanol–water partition coefficient (Wildman–Crippen LogP) is 0.0128. The van der Waals surface area contributed by atoms with Gasteiger partial charge in [-0.3, -0.25) is 0 Å². The molecule has 1 saturated heterocycles. The second kappa shape index (κ2) is 5.14. The third kappa shape index (κ3) is 2.28. The number of ether oxygens (including phenoxy) is 1. The van der Waals surface area contributed by atoms with Gasteiger partial charge in [-0.2, -0.15) is 0 Å². The van der Waals surface area contributed by atoms with E-state index < -0.39 is 0 Å². The van der Waals surface area contributed by atoms with E-state index in [9.17, 15) is 0 Å². The number of morpholine rings is 1. The molecule has 0 unspecified atom stereocenters. The molecule has 0 radical (unpaired) electrons. The van der Waals surface area contributed by atoms with Crippen molar-refractivity contribution < 1.29 is 26.2 Å². The monoisotopic (exact) mass is 333 g/mol. The lowest BCUT2D eigenvalue weighted by Crippen LogP contribution is -3.00. The Labute approximate surface area is 130 Å².